The predicted octanol–water partition coefficient (Wildman–Crippen LogP) is 2.69. The molecule has 1 saturated heterocycles. The van der Waals surface area contributed by atoms with E-state index >= 15 is 0 Å². The summed E-state index contributed by atoms with van der Waals surface area (Å²) in [7, 11) is 1.44. The molecule has 7 nitrogen and oxygen atoms in total. The highest BCUT2D eigenvalue weighted by Gasteiger charge is 2.36. The smallest absolute Gasteiger partial charge is 0.310 e. The maximum absolute atomic E-state index is 11.9. The Morgan fingerprint density at radius 3 is 2.85 bits per heavy atom. The average Bonchev–Trinajstić information content (AvgIpc) is 3.05. The Kier molecular flexibility index (Phi) is 10.4. The largest absolute Gasteiger partial charge is 0.477 e. The molecule has 2 atom stereocenters. The number of esters is 1. The number of pyridine rings is 1. The van der Waals surface area contributed by atoms with Crippen LogP contribution in [0.4, 0.5) is 0 Å². The summed E-state index contributed by atoms with van der Waals surface area (Å²) in [5.74, 6) is 1.39. The predicted molar refractivity (Wildman–Crippen MR) is 116 cm³/mol. The number of likely N-dealkylation sites (tertiary alicyclic amines) is 1. The number of halogens is 1. The first-order valence-corrected chi connectivity index (χ1v) is 9.28. The Morgan fingerprint density at radius 2 is 2.19 bits per heavy atom. The van der Waals surface area contributed by atoms with Crippen LogP contribution in [0.5, 0.6) is 5.88 Å². The van der Waals surface area contributed by atoms with Gasteiger partial charge in [-0.1, -0.05) is 19.9 Å². The van der Waals surface area contributed by atoms with E-state index < -0.39 is 0 Å². The van der Waals surface area contributed by atoms with Crippen molar-refractivity contribution in [3.8, 4) is 5.88 Å². The van der Waals surface area contributed by atoms with Gasteiger partial charge in [0.2, 0.25) is 5.88 Å². The number of ether oxygens (including phenoxy) is 2. The van der Waals surface area contributed by atoms with Gasteiger partial charge in [-0.2, -0.15) is 0 Å². The van der Waals surface area contributed by atoms with Crippen molar-refractivity contribution in [2.24, 2.45) is 16.8 Å². The van der Waals surface area contributed by atoms with Crippen LogP contribution >= 0.6 is 24.0 Å². The van der Waals surface area contributed by atoms with E-state index in [2.05, 4.69) is 29.0 Å². The fraction of sp³-hybridized carbons (Fsp3) is 0.632. The minimum atomic E-state index is -0.154. The molecule has 0 bridgehead atoms. The number of rotatable bonds is 7. The van der Waals surface area contributed by atoms with Crippen LogP contribution in [0.15, 0.2) is 23.3 Å². The zero-order chi connectivity index (χ0) is 18.9. The van der Waals surface area contributed by atoms with Gasteiger partial charge in [-0.25, -0.2) is 9.98 Å². The molecule has 2 rings (SSSR count). The third-order valence-corrected chi connectivity index (χ3v) is 4.44. The highest BCUT2D eigenvalue weighted by atomic mass is 127. The Bertz CT molecular complexity index is 627. The number of methoxy groups -OCH3 is 1. The standard InChI is InChI=1S/C19H30N4O3.HI/c1-5-10-26-17-15(8-7-9-21-17)11-22-19(20-6-2)23-12-14(3)16(13-23)18(24)25-4;/h7-9,14,16H,5-6,10-13H2,1-4H3,(H,20,22);1H. The van der Waals surface area contributed by atoms with Crippen LogP contribution in [0.25, 0.3) is 0 Å². The van der Waals surface area contributed by atoms with Crippen molar-refractivity contribution in [3.05, 3.63) is 23.9 Å². The molecule has 1 aliphatic rings. The monoisotopic (exact) mass is 490 g/mol. The van der Waals surface area contributed by atoms with Crippen LogP contribution in [-0.2, 0) is 16.1 Å². The fourth-order valence-electron chi connectivity index (χ4n) is 3.06. The number of nitrogens with one attached hydrogen (secondary N) is 1. The molecule has 27 heavy (non-hydrogen) atoms. The normalized spacial score (nSPS) is 19.4. The lowest BCUT2D eigenvalue weighted by Gasteiger charge is -2.21. The van der Waals surface area contributed by atoms with E-state index in [4.69, 9.17) is 14.5 Å². The number of hydrogen-bond acceptors (Lipinski definition) is 5. The second kappa shape index (κ2) is 12.0. The number of aliphatic imine (C=N–C) groups is 1. The highest BCUT2D eigenvalue weighted by Crippen LogP contribution is 2.24. The van der Waals surface area contributed by atoms with E-state index in [1.807, 2.05) is 19.1 Å². The van der Waals surface area contributed by atoms with Crippen LogP contribution in [0.3, 0.4) is 0 Å². The Labute approximate surface area is 178 Å². The first-order valence-electron chi connectivity index (χ1n) is 9.28. The third-order valence-electron chi connectivity index (χ3n) is 4.44. The van der Waals surface area contributed by atoms with E-state index in [1.54, 1.807) is 6.20 Å². The second-order valence-corrected chi connectivity index (χ2v) is 6.50. The molecule has 152 valence electrons. The lowest BCUT2D eigenvalue weighted by molar-refractivity contribution is -0.145. The highest BCUT2D eigenvalue weighted by molar-refractivity contribution is 14.0. The first-order chi connectivity index (χ1) is 12.6. The van der Waals surface area contributed by atoms with E-state index in [9.17, 15) is 4.79 Å². The summed E-state index contributed by atoms with van der Waals surface area (Å²) >= 11 is 0. The van der Waals surface area contributed by atoms with Crippen molar-refractivity contribution >= 4 is 35.9 Å². The minimum absolute atomic E-state index is 0. The molecule has 8 heteroatoms. The molecular weight excluding hydrogens is 459 g/mol. The molecule has 1 aromatic heterocycles. The molecule has 0 radical (unpaired) electrons. The van der Waals surface area contributed by atoms with Crippen LogP contribution in [0.2, 0.25) is 0 Å². The van der Waals surface area contributed by atoms with Crippen LogP contribution in [-0.4, -0.2) is 55.2 Å². The summed E-state index contributed by atoms with van der Waals surface area (Å²) in [5.41, 5.74) is 0.952. The van der Waals surface area contributed by atoms with E-state index in [0.29, 0.717) is 25.6 Å². The van der Waals surface area contributed by atoms with Crippen molar-refractivity contribution < 1.29 is 14.3 Å². The summed E-state index contributed by atoms with van der Waals surface area (Å²) in [5, 5.41) is 3.32. The van der Waals surface area contributed by atoms with Gasteiger partial charge in [0.1, 0.15) is 0 Å². The molecule has 2 heterocycles. The molecule has 0 spiro atoms. The van der Waals surface area contributed by atoms with Gasteiger partial charge in [0.15, 0.2) is 5.96 Å². The van der Waals surface area contributed by atoms with Crippen molar-refractivity contribution in [2.75, 3.05) is 33.4 Å². The molecule has 0 aromatic carbocycles. The molecule has 1 aromatic rings. The number of aromatic nitrogens is 1. The van der Waals surface area contributed by atoms with E-state index in [0.717, 1.165) is 31.0 Å². The zero-order valence-corrected chi connectivity index (χ0v) is 18.9. The lowest BCUT2D eigenvalue weighted by Crippen LogP contribution is -2.40. The van der Waals surface area contributed by atoms with Gasteiger partial charge in [0.25, 0.3) is 0 Å². The maximum Gasteiger partial charge on any atom is 0.310 e. The maximum atomic E-state index is 11.9. The van der Waals surface area contributed by atoms with Gasteiger partial charge in [-0.15, -0.1) is 24.0 Å². The lowest BCUT2D eigenvalue weighted by atomic mass is 9.99. The van der Waals surface area contributed by atoms with Gasteiger partial charge in [0, 0.05) is 31.4 Å². The molecule has 2 unspecified atom stereocenters. The van der Waals surface area contributed by atoms with Crippen LogP contribution in [0.1, 0.15) is 32.8 Å². The van der Waals surface area contributed by atoms with Crippen molar-refractivity contribution in [1.29, 1.82) is 0 Å². The molecule has 0 saturated carbocycles. The first kappa shape index (κ1) is 23.5. The third kappa shape index (κ3) is 6.51. The summed E-state index contributed by atoms with van der Waals surface area (Å²) in [4.78, 5) is 23.1. The number of guanidine groups is 1. The van der Waals surface area contributed by atoms with Crippen LogP contribution < -0.4 is 10.1 Å². The Hall–Kier alpha value is -1.58. The van der Waals surface area contributed by atoms with Gasteiger partial charge < -0.3 is 19.7 Å². The Morgan fingerprint density at radius 1 is 1.41 bits per heavy atom. The molecule has 1 N–H and O–H groups in total. The Balaban J connectivity index is 0.00000364. The number of carbonyl (C=O) groups is 1. The fourth-order valence-corrected chi connectivity index (χ4v) is 3.06. The molecule has 1 fully saturated rings. The van der Waals surface area contributed by atoms with Gasteiger partial charge in [-0.3, -0.25) is 4.79 Å². The van der Waals surface area contributed by atoms with Gasteiger partial charge in [0.05, 0.1) is 26.2 Å². The quantitative estimate of drug-likeness (QED) is 0.274. The summed E-state index contributed by atoms with van der Waals surface area (Å²) < 4.78 is 10.6. The summed E-state index contributed by atoms with van der Waals surface area (Å²) in [6, 6.07) is 3.87. The molecule has 0 aliphatic carbocycles. The van der Waals surface area contributed by atoms with Gasteiger partial charge in [-0.05, 0) is 25.3 Å². The zero-order valence-electron chi connectivity index (χ0n) is 16.6. The van der Waals surface area contributed by atoms with E-state index in [1.165, 1.54) is 7.11 Å². The SMILES string of the molecule is CCCOc1ncccc1CN=C(NCC)N1CC(C)C(C(=O)OC)C1.I. The van der Waals surface area contributed by atoms with Crippen molar-refractivity contribution in [2.45, 2.75) is 33.7 Å². The van der Waals surface area contributed by atoms with Crippen molar-refractivity contribution in [3.63, 3.8) is 0 Å². The van der Waals surface area contributed by atoms with Crippen LogP contribution in [0, 0.1) is 11.8 Å². The molecule has 0 amide bonds. The average molecular weight is 490 g/mol. The van der Waals surface area contributed by atoms with Gasteiger partial charge >= 0.3 is 5.97 Å². The minimum Gasteiger partial charge on any atom is -0.477 e. The van der Waals surface area contributed by atoms with Crippen molar-refractivity contribution in [1.82, 2.24) is 15.2 Å². The number of carbonyl (C=O) groups excluding carboxylic acids is 1. The van der Waals surface area contributed by atoms with E-state index in [-0.39, 0.29) is 41.8 Å². The molecular formula is C19H31IN4O3. The summed E-state index contributed by atoms with van der Waals surface area (Å²) in [6.45, 7) is 9.44. The molecule has 1 aliphatic heterocycles. The number of nitrogens with zero attached hydrogens (tertiary/aromatic N) is 3. The number of hydrogen-bond donors (Lipinski definition) is 1. The summed E-state index contributed by atoms with van der Waals surface area (Å²) in [6.07, 6.45) is 2.66. The topological polar surface area (TPSA) is 76.1 Å². The second-order valence-electron chi connectivity index (χ2n) is 6.50.